The van der Waals surface area contributed by atoms with E-state index in [1.807, 2.05) is 0 Å². The molecular weight excluding hydrogens is 781 g/mol. The average Bonchev–Trinajstić information content (AvgIpc) is 3.24. The van der Waals surface area contributed by atoms with Crippen LogP contribution >= 0.6 is 0 Å². The summed E-state index contributed by atoms with van der Waals surface area (Å²) in [6.07, 6.45) is 49.5. The predicted molar refractivity (Wildman–Crippen MR) is 270 cm³/mol. The van der Waals surface area contributed by atoms with Crippen LogP contribution in [0.25, 0.3) is 0 Å². The maximum atomic E-state index is 12.8. The molecule has 0 aromatic carbocycles. The lowest BCUT2D eigenvalue weighted by Crippen LogP contribution is -2.30. The highest BCUT2D eigenvalue weighted by atomic mass is 16.6. The highest BCUT2D eigenvalue weighted by molar-refractivity contribution is 5.71. The first-order chi connectivity index (χ1) is 30.6. The molecule has 0 aliphatic carbocycles. The highest BCUT2D eigenvalue weighted by Crippen LogP contribution is 2.18. The van der Waals surface area contributed by atoms with Crippen LogP contribution in [0.4, 0.5) is 0 Å². The summed E-state index contributed by atoms with van der Waals surface area (Å²) in [7, 11) is 0. The van der Waals surface area contributed by atoms with Crippen molar-refractivity contribution in [2.45, 2.75) is 317 Å². The van der Waals surface area contributed by atoms with Gasteiger partial charge in [-0.2, -0.15) is 0 Å². The molecule has 0 bridgehead atoms. The first-order valence-corrected chi connectivity index (χ1v) is 28.1. The zero-order valence-corrected chi connectivity index (χ0v) is 43.4. The van der Waals surface area contributed by atoms with Gasteiger partial charge in [0.2, 0.25) is 0 Å². The van der Waals surface area contributed by atoms with Crippen LogP contribution in [0.1, 0.15) is 311 Å². The van der Waals surface area contributed by atoms with E-state index in [2.05, 4.69) is 41.5 Å². The van der Waals surface area contributed by atoms with Crippen LogP contribution in [0.2, 0.25) is 0 Å². The molecule has 63 heavy (non-hydrogen) atoms. The molecule has 0 N–H and O–H groups in total. The van der Waals surface area contributed by atoms with Crippen LogP contribution in [0.5, 0.6) is 0 Å². The van der Waals surface area contributed by atoms with Crippen LogP contribution in [0.3, 0.4) is 0 Å². The molecule has 374 valence electrons. The summed E-state index contributed by atoms with van der Waals surface area (Å²) in [5.41, 5.74) is 0. The van der Waals surface area contributed by atoms with E-state index < -0.39 is 6.10 Å². The highest BCUT2D eigenvalue weighted by Gasteiger charge is 2.19. The largest absolute Gasteiger partial charge is 0.462 e. The minimum absolute atomic E-state index is 0.0640. The van der Waals surface area contributed by atoms with Gasteiger partial charge < -0.3 is 14.2 Å². The van der Waals surface area contributed by atoms with E-state index in [9.17, 15) is 14.4 Å². The Morgan fingerprint density at radius 3 is 0.683 bits per heavy atom. The number of carbonyl (C=O) groups is 3. The second kappa shape index (κ2) is 48.3. The van der Waals surface area contributed by atoms with Gasteiger partial charge in [-0.3, -0.25) is 14.4 Å². The smallest absolute Gasteiger partial charge is 0.306 e. The fourth-order valence-electron chi connectivity index (χ4n) is 8.65. The fraction of sp³-hybridized carbons (Fsp3) is 0.947. The quantitative estimate of drug-likeness (QED) is 0.0344. The van der Waals surface area contributed by atoms with Crippen molar-refractivity contribution in [2.75, 3.05) is 13.2 Å². The van der Waals surface area contributed by atoms with E-state index in [-0.39, 0.29) is 31.1 Å². The van der Waals surface area contributed by atoms with Crippen LogP contribution in [0, 0.1) is 17.8 Å². The van der Waals surface area contributed by atoms with E-state index in [0.717, 1.165) is 75.5 Å². The van der Waals surface area contributed by atoms with Gasteiger partial charge in [-0.25, -0.2) is 0 Å². The van der Waals surface area contributed by atoms with E-state index >= 15 is 0 Å². The van der Waals surface area contributed by atoms with Gasteiger partial charge in [0.05, 0.1) is 0 Å². The Bertz CT molecular complexity index is 976. The number of carbonyl (C=O) groups excluding carboxylic acids is 3. The van der Waals surface area contributed by atoms with Crippen molar-refractivity contribution >= 4 is 17.9 Å². The second-order valence-corrected chi connectivity index (χ2v) is 21.0. The normalized spacial score (nSPS) is 12.1. The topological polar surface area (TPSA) is 78.9 Å². The molecule has 0 aliphatic heterocycles. The van der Waals surface area contributed by atoms with Crippen molar-refractivity contribution in [1.29, 1.82) is 0 Å². The molecule has 0 unspecified atom stereocenters. The third kappa shape index (κ3) is 51.3. The molecule has 0 spiro atoms. The maximum absolute atomic E-state index is 12.8. The number of hydrogen-bond acceptors (Lipinski definition) is 6. The molecule has 0 rings (SSSR count). The summed E-state index contributed by atoms with van der Waals surface area (Å²) in [5, 5.41) is 0. The predicted octanol–water partition coefficient (Wildman–Crippen LogP) is 18.3. The van der Waals surface area contributed by atoms with Crippen molar-refractivity contribution < 1.29 is 28.6 Å². The van der Waals surface area contributed by atoms with E-state index in [4.69, 9.17) is 14.2 Å². The fourth-order valence-corrected chi connectivity index (χ4v) is 8.65. The van der Waals surface area contributed by atoms with Crippen molar-refractivity contribution in [2.24, 2.45) is 17.8 Å². The summed E-state index contributed by atoms with van der Waals surface area (Å²) in [6, 6.07) is 0. The van der Waals surface area contributed by atoms with Gasteiger partial charge in [-0.15, -0.1) is 0 Å². The molecule has 6 nitrogen and oxygen atoms in total. The van der Waals surface area contributed by atoms with Gasteiger partial charge in [0.25, 0.3) is 0 Å². The standard InChI is InChI=1S/C57H110O6/c1-51(2)43-37-31-25-19-15-11-7-9-13-17-21-28-34-40-46-55(58)61-49-54(50-62-56(59)47-41-35-29-24-23-27-33-39-45-53(5)6)63-57(60)48-42-36-30-22-18-14-10-8-12-16-20-26-32-38-44-52(3)4/h51-54H,7-50H2,1-6H3/t54-/m1/s1. The maximum Gasteiger partial charge on any atom is 0.306 e. The van der Waals surface area contributed by atoms with E-state index in [1.165, 1.54) is 193 Å². The van der Waals surface area contributed by atoms with Crippen LogP contribution < -0.4 is 0 Å². The van der Waals surface area contributed by atoms with Crippen molar-refractivity contribution in [3.8, 4) is 0 Å². The van der Waals surface area contributed by atoms with Gasteiger partial charge in [0, 0.05) is 19.3 Å². The Kier molecular flexibility index (Phi) is 47.1. The number of esters is 3. The number of rotatable bonds is 50. The number of unbranched alkanes of at least 4 members (excludes halogenated alkanes) is 33. The molecular formula is C57H110O6. The third-order valence-electron chi connectivity index (χ3n) is 12.9. The molecule has 0 aliphatic rings. The Hall–Kier alpha value is -1.59. The lowest BCUT2D eigenvalue weighted by atomic mass is 10.0. The zero-order valence-electron chi connectivity index (χ0n) is 43.4. The third-order valence-corrected chi connectivity index (χ3v) is 12.9. The molecule has 0 heterocycles. The zero-order chi connectivity index (χ0) is 46.3. The van der Waals surface area contributed by atoms with Gasteiger partial charge in [0.15, 0.2) is 6.10 Å². The summed E-state index contributed by atoms with van der Waals surface area (Å²) >= 11 is 0. The van der Waals surface area contributed by atoms with Crippen LogP contribution in [-0.4, -0.2) is 37.2 Å². The first kappa shape index (κ1) is 61.4. The SMILES string of the molecule is CC(C)CCCCCCCCCCCCCCCCC(=O)OC[C@H](COC(=O)CCCCCCCCCCC(C)C)OC(=O)CCCCCCCCCCCCCCCCC(C)C. The molecule has 6 heteroatoms. The Balaban J connectivity index is 4.28. The van der Waals surface area contributed by atoms with Gasteiger partial charge in [0.1, 0.15) is 13.2 Å². The van der Waals surface area contributed by atoms with Crippen LogP contribution in [-0.2, 0) is 28.6 Å². The molecule has 0 radical (unpaired) electrons. The van der Waals surface area contributed by atoms with Gasteiger partial charge >= 0.3 is 17.9 Å². The lowest BCUT2D eigenvalue weighted by molar-refractivity contribution is -0.167. The van der Waals surface area contributed by atoms with Crippen molar-refractivity contribution in [3.05, 3.63) is 0 Å². The Labute approximate surface area is 393 Å². The molecule has 1 atom stereocenters. The number of hydrogen-bond donors (Lipinski definition) is 0. The molecule has 0 fully saturated rings. The monoisotopic (exact) mass is 891 g/mol. The summed E-state index contributed by atoms with van der Waals surface area (Å²) < 4.78 is 16.9. The molecule has 0 saturated heterocycles. The Morgan fingerprint density at radius 1 is 0.270 bits per heavy atom. The molecule has 0 amide bonds. The summed E-state index contributed by atoms with van der Waals surface area (Å²) in [5.74, 6) is 1.64. The molecule has 0 saturated carbocycles. The second-order valence-electron chi connectivity index (χ2n) is 21.0. The lowest BCUT2D eigenvalue weighted by Gasteiger charge is -2.18. The minimum atomic E-state index is -0.763. The van der Waals surface area contributed by atoms with Gasteiger partial charge in [-0.05, 0) is 37.0 Å². The van der Waals surface area contributed by atoms with E-state index in [0.29, 0.717) is 19.3 Å². The molecule has 0 aromatic heterocycles. The van der Waals surface area contributed by atoms with Crippen molar-refractivity contribution in [1.82, 2.24) is 0 Å². The van der Waals surface area contributed by atoms with Gasteiger partial charge in [-0.1, -0.05) is 273 Å². The summed E-state index contributed by atoms with van der Waals surface area (Å²) in [6.45, 7) is 13.7. The minimum Gasteiger partial charge on any atom is -0.462 e. The Morgan fingerprint density at radius 2 is 0.460 bits per heavy atom. The van der Waals surface area contributed by atoms with Crippen molar-refractivity contribution in [3.63, 3.8) is 0 Å². The average molecular weight is 892 g/mol. The molecule has 0 aromatic rings. The van der Waals surface area contributed by atoms with Crippen LogP contribution in [0.15, 0.2) is 0 Å². The number of ether oxygens (including phenoxy) is 3. The first-order valence-electron chi connectivity index (χ1n) is 28.1. The van der Waals surface area contributed by atoms with E-state index in [1.54, 1.807) is 0 Å². The summed E-state index contributed by atoms with van der Waals surface area (Å²) in [4.78, 5) is 38.1.